The first-order chi connectivity index (χ1) is 6.76. The molecule has 1 aliphatic heterocycles. The largest absolute Gasteiger partial charge is 0.344 e. The van der Waals surface area contributed by atoms with Gasteiger partial charge < -0.3 is 9.47 Å². The number of nitriles is 1. The first-order valence-corrected chi connectivity index (χ1v) is 4.39. The number of aromatic nitrogens is 1. The number of rotatable bonds is 1. The van der Waals surface area contributed by atoms with E-state index >= 15 is 0 Å². The summed E-state index contributed by atoms with van der Waals surface area (Å²) in [4.78, 5) is 3.97. The number of hydrogen-bond donors (Lipinski definition) is 0. The summed E-state index contributed by atoms with van der Waals surface area (Å²) in [7, 11) is 0. The molecule has 2 heterocycles. The fourth-order valence-electron chi connectivity index (χ4n) is 1.52. The Labute approximate surface area is 82.1 Å². The summed E-state index contributed by atoms with van der Waals surface area (Å²) in [5.41, 5.74) is 1.24. The van der Waals surface area contributed by atoms with Crippen molar-refractivity contribution in [3.05, 3.63) is 29.6 Å². The lowest BCUT2D eigenvalue weighted by molar-refractivity contribution is -0.150. The van der Waals surface area contributed by atoms with E-state index in [-0.39, 0.29) is 0 Å². The van der Waals surface area contributed by atoms with Crippen LogP contribution in [0.3, 0.4) is 0 Å². The van der Waals surface area contributed by atoms with Gasteiger partial charge in [0.1, 0.15) is 0 Å². The average Bonchev–Trinajstić information content (AvgIpc) is 2.66. The second kappa shape index (κ2) is 3.37. The quantitative estimate of drug-likeness (QED) is 0.667. The molecular formula is C10H10N2O2. The lowest BCUT2D eigenvalue weighted by Gasteiger charge is -2.22. The third kappa shape index (κ3) is 1.37. The average molecular weight is 190 g/mol. The van der Waals surface area contributed by atoms with Crippen LogP contribution < -0.4 is 0 Å². The van der Waals surface area contributed by atoms with Gasteiger partial charge >= 0.3 is 0 Å². The number of ether oxygens (including phenoxy) is 2. The Bertz CT molecular complexity index is 378. The molecule has 1 saturated heterocycles. The highest BCUT2D eigenvalue weighted by Gasteiger charge is 2.35. The molecule has 0 N–H and O–H groups in total. The smallest absolute Gasteiger partial charge is 0.194 e. The minimum atomic E-state index is -0.806. The maximum absolute atomic E-state index is 8.90. The molecule has 72 valence electrons. The van der Waals surface area contributed by atoms with Crippen molar-refractivity contribution in [1.29, 1.82) is 5.26 Å². The van der Waals surface area contributed by atoms with E-state index in [0.717, 1.165) is 0 Å². The Morgan fingerprint density at radius 1 is 1.50 bits per heavy atom. The van der Waals surface area contributed by atoms with Crippen molar-refractivity contribution >= 4 is 0 Å². The van der Waals surface area contributed by atoms with Crippen LogP contribution in [0.25, 0.3) is 0 Å². The SMILES string of the molecule is CC1(c2cnccc2C#N)OCCO1. The van der Waals surface area contributed by atoms with Crippen molar-refractivity contribution in [2.75, 3.05) is 13.2 Å². The van der Waals surface area contributed by atoms with Crippen LogP contribution >= 0.6 is 0 Å². The van der Waals surface area contributed by atoms with Crippen LogP contribution in [0.1, 0.15) is 18.1 Å². The molecule has 0 amide bonds. The number of hydrogen-bond acceptors (Lipinski definition) is 4. The van der Waals surface area contributed by atoms with Crippen LogP contribution in [0.15, 0.2) is 18.5 Å². The first kappa shape index (κ1) is 9.13. The zero-order valence-electron chi connectivity index (χ0n) is 7.86. The van der Waals surface area contributed by atoms with Gasteiger partial charge in [-0.2, -0.15) is 5.26 Å². The third-order valence-corrected chi connectivity index (χ3v) is 2.27. The molecule has 4 heteroatoms. The van der Waals surface area contributed by atoms with Crippen molar-refractivity contribution < 1.29 is 9.47 Å². The normalized spacial score (nSPS) is 19.1. The predicted molar refractivity (Wildman–Crippen MR) is 48.2 cm³/mol. The van der Waals surface area contributed by atoms with Crippen LogP contribution in [-0.2, 0) is 15.3 Å². The van der Waals surface area contributed by atoms with Gasteiger partial charge in [-0.1, -0.05) is 0 Å². The van der Waals surface area contributed by atoms with Crippen molar-refractivity contribution in [3.8, 4) is 6.07 Å². The molecule has 0 spiro atoms. The summed E-state index contributed by atoms with van der Waals surface area (Å²) < 4.78 is 10.9. The molecule has 0 unspecified atom stereocenters. The molecule has 4 nitrogen and oxygen atoms in total. The summed E-state index contributed by atoms with van der Waals surface area (Å²) in [5.74, 6) is -0.806. The Morgan fingerprint density at radius 3 is 2.86 bits per heavy atom. The molecule has 0 saturated carbocycles. The highest BCUT2D eigenvalue weighted by atomic mass is 16.7. The van der Waals surface area contributed by atoms with Crippen LogP contribution in [-0.4, -0.2) is 18.2 Å². The third-order valence-electron chi connectivity index (χ3n) is 2.27. The summed E-state index contributed by atoms with van der Waals surface area (Å²) in [6.07, 6.45) is 3.20. The fraction of sp³-hybridized carbons (Fsp3) is 0.400. The Morgan fingerprint density at radius 2 is 2.21 bits per heavy atom. The Balaban J connectivity index is 2.45. The maximum atomic E-state index is 8.90. The first-order valence-electron chi connectivity index (χ1n) is 4.39. The lowest BCUT2D eigenvalue weighted by Crippen LogP contribution is -2.23. The molecule has 0 atom stereocenters. The van der Waals surface area contributed by atoms with E-state index in [1.165, 1.54) is 0 Å². The van der Waals surface area contributed by atoms with Gasteiger partial charge in [0, 0.05) is 18.0 Å². The highest BCUT2D eigenvalue weighted by molar-refractivity contribution is 5.37. The van der Waals surface area contributed by atoms with E-state index in [1.54, 1.807) is 25.4 Å². The fourth-order valence-corrected chi connectivity index (χ4v) is 1.52. The molecule has 0 aliphatic carbocycles. The molecule has 0 aromatic carbocycles. The minimum Gasteiger partial charge on any atom is -0.344 e. The minimum absolute atomic E-state index is 0.546. The molecule has 2 rings (SSSR count). The molecule has 1 aromatic heterocycles. The van der Waals surface area contributed by atoms with Crippen molar-refractivity contribution in [1.82, 2.24) is 4.98 Å². The summed E-state index contributed by atoms with van der Waals surface area (Å²) in [6.45, 7) is 2.91. The molecule has 0 bridgehead atoms. The molecule has 1 aromatic rings. The number of pyridine rings is 1. The molecule has 0 radical (unpaired) electrons. The maximum Gasteiger partial charge on any atom is 0.194 e. The zero-order valence-corrected chi connectivity index (χ0v) is 7.86. The monoisotopic (exact) mass is 190 g/mol. The summed E-state index contributed by atoms with van der Waals surface area (Å²) in [6, 6.07) is 3.76. The summed E-state index contributed by atoms with van der Waals surface area (Å²) in [5, 5.41) is 8.90. The van der Waals surface area contributed by atoms with Crippen LogP contribution in [0.4, 0.5) is 0 Å². The van der Waals surface area contributed by atoms with Crippen molar-refractivity contribution in [2.45, 2.75) is 12.7 Å². The second-order valence-corrected chi connectivity index (χ2v) is 3.18. The molecule has 1 aliphatic rings. The topological polar surface area (TPSA) is 55.1 Å². The van der Waals surface area contributed by atoms with E-state index in [4.69, 9.17) is 14.7 Å². The van der Waals surface area contributed by atoms with E-state index < -0.39 is 5.79 Å². The lowest BCUT2D eigenvalue weighted by atomic mass is 10.0. The highest BCUT2D eigenvalue weighted by Crippen LogP contribution is 2.32. The van der Waals surface area contributed by atoms with Gasteiger partial charge in [0.05, 0.1) is 24.8 Å². The Kier molecular flexibility index (Phi) is 2.20. The molecular weight excluding hydrogens is 180 g/mol. The second-order valence-electron chi connectivity index (χ2n) is 3.18. The van der Waals surface area contributed by atoms with Crippen LogP contribution in [0, 0.1) is 11.3 Å². The van der Waals surface area contributed by atoms with E-state index in [9.17, 15) is 0 Å². The van der Waals surface area contributed by atoms with Gasteiger partial charge in [-0.25, -0.2) is 0 Å². The molecule has 14 heavy (non-hydrogen) atoms. The van der Waals surface area contributed by atoms with Crippen LogP contribution in [0.5, 0.6) is 0 Å². The molecule has 1 fully saturated rings. The van der Waals surface area contributed by atoms with Gasteiger partial charge in [0.2, 0.25) is 0 Å². The number of nitrogens with zero attached hydrogens (tertiary/aromatic N) is 2. The van der Waals surface area contributed by atoms with Gasteiger partial charge in [0.15, 0.2) is 5.79 Å². The van der Waals surface area contributed by atoms with Crippen molar-refractivity contribution in [3.63, 3.8) is 0 Å². The standard InChI is InChI=1S/C10H10N2O2/c1-10(13-4-5-14-10)9-7-12-3-2-8(9)6-11/h2-3,7H,4-5H2,1H3. The predicted octanol–water partition coefficient (Wildman–Crippen LogP) is 1.17. The van der Waals surface area contributed by atoms with Gasteiger partial charge in [-0.3, -0.25) is 4.98 Å². The van der Waals surface area contributed by atoms with Gasteiger partial charge in [-0.15, -0.1) is 0 Å². The van der Waals surface area contributed by atoms with Crippen LogP contribution in [0.2, 0.25) is 0 Å². The van der Waals surface area contributed by atoms with Gasteiger partial charge in [0.25, 0.3) is 0 Å². The van der Waals surface area contributed by atoms with E-state index in [1.807, 2.05) is 0 Å². The van der Waals surface area contributed by atoms with Gasteiger partial charge in [-0.05, 0) is 13.0 Å². The van der Waals surface area contributed by atoms with E-state index in [2.05, 4.69) is 11.1 Å². The van der Waals surface area contributed by atoms with Crippen molar-refractivity contribution in [2.24, 2.45) is 0 Å². The zero-order chi connectivity index (χ0) is 10.0. The summed E-state index contributed by atoms with van der Waals surface area (Å²) >= 11 is 0. The Hall–Kier alpha value is -1.44. The van der Waals surface area contributed by atoms with E-state index in [0.29, 0.717) is 24.3 Å².